The second kappa shape index (κ2) is 7.78. The highest BCUT2D eigenvalue weighted by atomic mass is 35.5. The number of carbonyl (C=O) groups excluding carboxylic acids is 1. The molecule has 136 valence electrons. The number of thiazole rings is 1. The molecule has 0 spiro atoms. The third kappa shape index (κ3) is 3.77. The van der Waals surface area contributed by atoms with Gasteiger partial charge in [-0.25, -0.2) is 4.98 Å². The minimum atomic E-state index is -0.0767. The SMILES string of the molecule is O=C(NCC[C@@H]1CCCCO1)c1csc2nc(-c3ccc(Cl)cc3)cn12. The van der Waals surface area contributed by atoms with Crippen LogP contribution in [0, 0.1) is 0 Å². The number of imidazole rings is 1. The lowest BCUT2D eigenvalue weighted by atomic mass is 10.1. The van der Waals surface area contributed by atoms with E-state index in [4.69, 9.17) is 16.3 Å². The molecule has 0 saturated carbocycles. The number of hydrogen-bond acceptors (Lipinski definition) is 4. The topological polar surface area (TPSA) is 55.6 Å². The maximum Gasteiger partial charge on any atom is 0.269 e. The van der Waals surface area contributed by atoms with Crippen molar-refractivity contribution in [2.75, 3.05) is 13.2 Å². The third-order valence-electron chi connectivity index (χ3n) is 4.61. The molecule has 3 heterocycles. The van der Waals surface area contributed by atoms with E-state index in [9.17, 15) is 4.79 Å². The van der Waals surface area contributed by atoms with Gasteiger partial charge in [-0.2, -0.15) is 0 Å². The molecule has 0 radical (unpaired) electrons. The van der Waals surface area contributed by atoms with E-state index in [1.807, 2.05) is 40.2 Å². The second-order valence-corrected chi connectivity index (χ2v) is 7.71. The Morgan fingerprint density at radius 2 is 2.19 bits per heavy atom. The zero-order valence-electron chi connectivity index (χ0n) is 14.3. The molecule has 0 unspecified atom stereocenters. The van der Waals surface area contributed by atoms with Gasteiger partial charge in [0, 0.05) is 35.3 Å². The van der Waals surface area contributed by atoms with Crippen molar-refractivity contribution in [2.45, 2.75) is 31.8 Å². The fraction of sp³-hybridized carbons (Fsp3) is 0.368. The van der Waals surface area contributed by atoms with Crippen LogP contribution >= 0.6 is 22.9 Å². The van der Waals surface area contributed by atoms with Crippen molar-refractivity contribution in [1.29, 1.82) is 0 Å². The number of halogens is 1. The number of ether oxygens (including phenoxy) is 1. The summed E-state index contributed by atoms with van der Waals surface area (Å²) in [6.07, 6.45) is 6.48. The van der Waals surface area contributed by atoms with Gasteiger partial charge in [-0.3, -0.25) is 9.20 Å². The van der Waals surface area contributed by atoms with Crippen LogP contribution in [0.25, 0.3) is 16.2 Å². The van der Waals surface area contributed by atoms with Gasteiger partial charge in [0.25, 0.3) is 5.91 Å². The van der Waals surface area contributed by atoms with Crippen molar-refractivity contribution < 1.29 is 9.53 Å². The second-order valence-electron chi connectivity index (χ2n) is 6.44. The quantitative estimate of drug-likeness (QED) is 0.703. The Hall–Kier alpha value is -1.89. The summed E-state index contributed by atoms with van der Waals surface area (Å²) in [5.41, 5.74) is 2.42. The summed E-state index contributed by atoms with van der Waals surface area (Å²) in [6, 6.07) is 7.54. The highest BCUT2D eigenvalue weighted by Crippen LogP contribution is 2.25. The zero-order chi connectivity index (χ0) is 17.9. The van der Waals surface area contributed by atoms with Crippen LogP contribution in [0.2, 0.25) is 5.02 Å². The Morgan fingerprint density at radius 1 is 1.35 bits per heavy atom. The summed E-state index contributed by atoms with van der Waals surface area (Å²) in [7, 11) is 0. The Balaban J connectivity index is 1.44. The molecular formula is C19H20ClN3O2S. The summed E-state index contributed by atoms with van der Waals surface area (Å²) in [5.74, 6) is -0.0767. The standard InChI is InChI=1S/C19H20ClN3O2S/c20-14-6-4-13(5-7-14)16-11-23-17(12-26-19(23)22-16)18(24)21-9-8-15-3-1-2-10-25-15/h4-7,11-12,15H,1-3,8-10H2,(H,21,24)/t15-/m0/s1. The summed E-state index contributed by atoms with van der Waals surface area (Å²) in [6.45, 7) is 1.46. The minimum Gasteiger partial charge on any atom is -0.378 e. The molecular weight excluding hydrogens is 370 g/mol. The van der Waals surface area contributed by atoms with Crippen LogP contribution in [-0.2, 0) is 4.74 Å². The zero-order valence-corrected chi connectivity index (χ0v) is 15.9. The molecule has 1 amide bonds. The van der Waals surface area contributed by atoms with Gasteiger partial charge in [0.15, 0.2) is 4.96 Å². The van der Waals surface area contributed by atoms with Crippen molar-refractivity contribution in [3.05, 3.63) is 46.6 Å². The maximum atomic E-state index is 12.5. The average molecular weight is 390 g/mol. The normalized spacial score (nSPS) is 17.5. The molecule has 5 nitrogen and oxygen atoms in total. The van der Waals surface area contributed by atoms with E-state index in [-0.39, 0.29) is 12.0 Å². The van der Waals surface area contributed by atoms with Crippen LogP contribution in [0.15, 0.2) is 35.8 Å². The van der Waals surface area contributed by atoms with Gasteiger partial charge in [0.05, 0.1) is 11.8 Å². The largest absolute Gasteiger partial charge is 0.378 e. The first kappa shape index (κ1) is 17.5. The Kier molecular flexibility index (Phi) is 5.24. The molecule has 1 fully saturated rings. The smallest absolute Gasteiger partial charge is 0.269 e. The summed E-state index contributed by atoms with van der Waals surface area (Å²) < 4.78 is 7.56. The number of fused-ring (bicyclic) bond motifs is 1. The molecule has 1 aliphatic rings. The van der Waals surface area contributed by atoms with E-state index in [0.29, 0.717) is 17.3 Å². The van der Waals surface area contributed by atoms with Gasteiger partial charge in [-0.1, -0.05) is 23.7 Å². The van der Waals surface area contributed by atoms with Crippen LogP contribution in [0.5, 0.6) is 0 Å². The minimum absolute atomic E-state index is 0.0767. The van der Waals surface area contributed by atoms with Crippen LogP contribution < -0.4 is 5.32 Å². The molecule has 1 N–H and O–H groups in total. The predicted molar refractivity (Wildman–Crippen MR) is 104 cm³/mol. The van der Waals surface area contributed by atoms with Crippen LogP contribution in [0.4, 0.5) is 0 Å². The van der Waals surface area contributed by atoms with Gasteiger partial charge in [0.2, 0.25) is 0 Å². The Morgan fingerprint density at radius 3 is 2.96 bits per heavy atom. The van der Waals surface area contributed by atoms with Crippen LogP contribution in [0.3, 0.4) is 0 Å². The fourth-order valence-electron chi connectivity index (χ4n) is 3.18. The van der Waals surface area contributed by atoms with E-state index in [2.05, 4.69) is 10.3 Å². The first-order valence-electron chi connectivity index (χ1n) is 8.83. The van der Waals surface area contributed by atoms with E-state index < -0.39 is 0 Å². The predicted octanol–water partition coefficient (Wildman–Crippen LogP) is 4.41. The first-order chi connectivity index (χ1) is 12.7. The molecule has 1 atom stereocenters. The number of hydrogen-bond donors (Lipinski definition) is 1. The van der Waals surface area contributed by atoms with Gasteiger partial charge >= 0.3 is 0 Å². The van der Waals surface area contributed by atoms with Crippen molar-refractivity contribution in [2.24, 2.45) is 0 Å². The Labute approximate surface area is 161 Å². The van der Waals surface area contributed by atoms with Crippen molar-refractivity contribution in [1.82, 2.24) is 14.7 Å². The summed E-state index contributed by atoms with van der Waals surface area (Å²) in [5, 5.41) is 5.54. The lowest BCUT2D eigenvalue weighted by Gasteiger charge is -2.22. The number of amides is 1. The van der Waals surface area contributed by atoms with Gasteiger partial charge in [0.1, 0.15) is 5.69 Å². The van der Waals surface area contributed by atoms with Crippen LogP contribution in [0.1, 0.15) is 36.2 Å². The molecule has 1 aliphatic heterocycles. The van der Waals surface area contributed by atoms with E-state index in [1.165, 1.54) is 17.8 Å². The van der Waals surface area contributed by atoms with Gasteiger partial charge < -0.3 is 10.1 Å². The van der Waals surface area contributed by atoms with Crippen molar-refractivity contribution in [3.63, 3.8) is 0 Å². The van der Waals surface area contributed by atoms with Crippen molar-refractivity contribution in [3.8, 4) is 11.3 Å². The van der Waals surface area contributed by atoms with Gasteiger partial charge in [-0.15, -0.1) is 11.3 Å². The highest BCUT2D eigenvalue weighted by Gasteiger charge is 2.17. The lowest BCUT2D eigenvalue weighted by Crippen LogP contribution is -2.30. The van der Waals surface area contributed by atoms with E-state index in [1.54, 1.807) is 0 Å². The summed E-state index contributed by atoms with van der Waals surface area (Å²) >= 11 is 7.41. The fourth-order valence-corrected chi connectivity index (χ4v) is 4.16. The highest BCUT2D eigenvalue weighted by molar-refractivity contribution is 7.15. The average Bonchev–Trinajstić information content (AvgIpc) is 3.24. The number of aromatic nitrogens is 2. The molecule has 26 heavy (non-hydrogen) atoms. The third-order valence-corrected chi connectivity index (χ3v) is 5.70. The van der Waals surface area contributed by atoms with Gasteiger partial charge in [-0.05, 0) is 37.8 Å². The number of rotatable bonds is 5. The molecule has 0 bridgehead atoms. The molecule has 1 aromatic carbocycles. The first-order valence-corrected chi connectivity index (χ1v) is 10.1. The van der Waals surface area contributed by atoms with E-state index in [0.717, 1.165) is 42.1 Å². The number of carbonyl (C=O) groups is 1. The molecule has 4 rings (SSSR count). The number of nitrogens with one attached hydrogen (secondary N) is 1. The molecule has 7 heteroatoms. The lowest BCUT2D eigenvalue weighted by molar-refractivity contribution is 0.0117. The number of benzene rings is 1. The summed E-state index contributed by atoms with van der Waals surface area (Å²) in [4.78, 5) is 17.9. The molecule has 3 aromatic rings. The van der Waals surface area contributed by atoms with Crippen LogP contribution in [-0.4, -0.2) is 34.5 Å². The monoisotopic (exact) mass is 389 g/mol. The molecule has 2 aromatic heterocycles. The number of nitrogens with zero attached hydrogens (tertiary/aromatic N) is 2. The van der Waals surface area contributed by atoms with E-state index >= 15 is 0 Å². The maximum absolute atomic E-state index is 12.5. The molecule has 1 saturated heterocycles. The Bertz CT molecular complexity index is 897. The molecule has 0 aliphatic carbocycles. The van der Waals surface area contributed by atoms with Crippen molar-refractivity contribution >= 4 is 33.8 Å².